The van der Waals surface area contributed by atoms with Crippen LogP contribution in [0.2, 0.25) is 0 Å². The van der Waals surface area contributed by atoms with Crippen LogP contribution in [0, 0.1) is 0 Å². The fourth-order valence-electron chi connectivity index (χ4n) is 21.4. The van der Waals surface area contributed by atoms with Crippen LogP contribution in [0.4, 0.5) is 68.2 Å². The second-order valence-electron chi connectivity index (χ2n) is 32.5. The Balaban J connectivity index is 0.677. The Morgan fingerprint density at radius 1 is 0.241 bits per heavy atom. The van der Waals surface area contributed by atoms with Crippen molar-refractivity contribution < 1.29 is 17.7 Å². The van der Waals surface area contributed by atoms with E-state index < -0.39 is 5.41 Å². The first kappa shape index (κ1) is 61.0. The fourth-order valence-corrected chi connectivity index (χ4v) is 21.4. The molecule has 0 unspecified atom stereocenters. The van der Waals surface area contributed by atoms with Crippen LogP contribution in [0.3, 0.4) is 0 Å². The molecule has 0 N–H and O–H groups in total. The van der Waals surface area contributed by atoms with Crippen molar-refractivity contribution >= 4 is 202 Å². The van der Waals surface area contributed by atoms with E-state index >= 15 is 0 Å². The van der Waals surface area contributed by atoms with Gasteiger partial charge in [-0.2, -0.15) is 0 Å². The van der Waals surface area contributed by atoms with E-state index in [2.05, 4.69) is 351 Å². The Bertz CT molecular complexity index is 7680. The van der Waals surface area contributed by atoms with Gasteiger partial charge in [-0.15, -0.1) is 0 Å². The molecular weight excluding hydrogens is 1370 g/mol. The van der Waals surface area contributed by atoms with Gasteiger partial charge in [0.25, 0.3) is 13.4 Å². The van der Waals surface area contributed by atoms with Crippen molar-refractivity contribution in [2.75, 3.05) is 19.6 Å². The highest BCUT2D eigenvalue weighted by Crippen LogP contribution is 2.60. The zero-order valence-corrected chi connectivity index (χ0v) is 61.6. The maximum absolute atomic E-state index is 7.83. The summed E-state index contributed by atoms with van der Waals surface area (Å²) in [7, 11) is 0. The Kier molecular flexibility index (Phi) is 11.7. The summed E-state index contributed by atoms with van der Waals surface area (Å²) >= 11 is 0. The van der Waals surface area contributed by atoms with Gasteiger partial charge in [0.05, 0.1) is 11.4 Å². The van der Waals surface area contributed by atoms with Crippen LogP contribution in [-0.2, 0) is 10.8 Å². The standard InChI is InChI=1S/C102H64B2N4O4/c1-101(2)73-27-9-5-22-61(73)69-54-70-68-26-19-39-88(99(68)111-94(70)56-75(69)101)107-83-49-43-57(50-79(83)104-77-30-12-15-33-81(77)106(84-35-20-37-86(107)96(84)104)60-45-48-66-64-25-8-18-41-90(64)110-93(66)53-60)58-42-46-67-72-55-71-62-23-6-10-28-74(62)102(3,4)95(71)98(100(72)112-91(67)51-58)108-82-34-16-13-31-78(82)103-76-29-11-14-32-80(76)105(85-36-21-38-87(108)97(85)103)59-44-47-65-63-24-7-17-40-89(63)109-92(65)52-59/h5-56H,1-4H3. The molecule has 0 bridgehead atoms. The van der Waals surface area contributed by atoms with Crippen LogP contribution in [-0.4, -0.2) is 13.4 Å². The Labute approximate surface area is 645 Å². The molecule has 26 rings (SSSR count). The number of furan rings is 4. The molecule has 20 aromatic rings. The molecule has 112 heavy (non-hydrogen) atoms. The number of anilines is 12. The molecule has 8 heterocycles. The fraction of sp³-hybridized carbons (Fsp3) is 0.0588. The van der Waals surface area contributed by atoms with Gasteiger partial charge in [0.2, 0.25) is 0 Å². The first-order chi connectivity index (χ1) is 55.1. The number of benzene rings is 16. The van der Waals surface area contributed by atoms with Crippen LogP contribution in [0.1, 0.15) is 49.9 Å². The van der Waals surface area contributed by atoms with Gasteiger partial charge in [-0.1, -0.05) is 210 Å². The van der Waals surface area contributed by atoms with E-state index in [4.69, 9.17) is 17.7 Å². The van der Waals surface area contributed by atoms with Crippen molar-refractivity contribution in [1.29, 1.82) is 0 Å². The summed E-state index contributed by atoms with van der Waals surface area (Å²) in [5, 5.41) is 8.74. The normalized spacial score (nSPS) is 14.8. The first-order valence-corrected chi connectivity index (χ1v) is 39.0. The minimum atomic E-state index is -0.423. The molecule has 0 saturated carbocycles. The van der Waals surface area contributed by atoms with Gasteiger partial charge >= 0.3 is 0 Å². The largest absolute Gasteiger partial charge is 0.456 e. The molecule has 0 spiro atoms. The van der Waals surface area contributed by atoms with E-state index in [1.54, 1.807) is 0 Å². The lowest BCUT2D eigenvalue weighted by Gasteiger charge is -2.44. The quantitative estimate of drug-likeness (QED) is 0.158. The number of hydrogen-bond acceptors (Lipinski definition) is 8. The predicted octanol–water partition coefficient (Wildman–Crippen LogP) is 23.7. The third-order valence-electron chi connectivity index (χ3n) is 26.2. The molecule has 10 heteroatoms. The molecule has 522 valence electrons. The van der Waals surface area contributed by atoms with Gasteiger partial charge < -0.3 is 37.3 Å². The summed E-state index contributed by atoms with van der Waals surface area (Å²) in [5.74, 6) is 0. The average molecular weight is 1430 g/mol. The van der Waals surface area contributed by atoms with Crippen molar-refractivity contribution in [3.63, 3.8) is 0 Å². The van der Waals surface area contributed by atoms with Crippen molar-refractivity contribution in [3.8, 4) is 33.4 Å². The topological polar surface area (TPSA) is 65.5 Å². The molecule has 8 nitrogen and oxygen atoms in total. The number of para-hydroxylation sites is 6. The van der Waals surface area contributed by atoms with Crippen LogP contribution in [0.15, 0.2) is 333 Å². The first-order valence-electron chi connectivity index (χ1n) is 39.0. The molecule has 0 saturated heterocycles. The lowest BCUT2D eigenvalue weighted by Crippen LogP contribution is -2.61. The average Bonchev–Trinajstić information content (AvgIpc) is 1.26. The van der Waals surface area contributed by atoms with Crippen molar-refractivity contribution in [2.24, 2.45) is 0 Å². The predicted molar refractivity (Wildman–Crippen MR) is 464 cm³/mol. The Hall–Kier alpha value is -14.0. The Morgan fingerprint density at radius 3 is 1.32 bits per heavy atom. The molecule has 2 aliphatic carbocycles. The van der Waals surface area contributed by atoms with Gasteiger partial charge in [0, 0.05) is 123 Å². The SMILES string of the molecule is CC1(C)c2ccccc2-c2cc3c(cc21)oc1c(N2c4ccc(-c5ccc6c(c5)oc5c(N7c8ccccc8B8c9ccccc9N(c9ccc%10c(c9)oc9ccccc9%10)c9cccc7c98)c7c(cc56)-c5ccccc5C7(C)C)cc4B4c5ccccc5N(c5ccc6c(c5)oc5ccccc56)c5cccc2c54)cccc13. The van der Waals surface area contributed by atoms with E-state index in [9.17, 15) is 0 Å². The minimum absolute atomic E-state index is 0.0632. The lowest BCUT2D eigenvalue weighted by atomic mass is 9.33. The molecule has 4 aromatic heterocycles. The third-order valence-corrected chi connectivity index (χ3v) is 26.2. The number of hydrogen-bond donors (Lipinski definition) is 0. The van der Waals surface area contributed by atoms with Crippen molar-refractivity contribution in [3.05, 3.63) is 338 Å². The smallest absolute Gasteiger partial charge is 0.252 e. The number of nitrogens with zero attached hydrogens (tertiary/aromatic N) is 4. The van der Waals surface area contributed by atoms with E-state index in [0.717, 1.165) is 167 Å². The molecular formula is C102H64B2N4O4. The molecule has 0 atom stereocenters. The van der Waals surface area contributed by atoms with Crippen LogP contribution in [0.25, 0.3) is 121 Å². The highest BCUT2D eigenvalue weighted by atomic mass is 16.3. The molecule has 0 radical (unpaired) electrons. The van der Waals surface area contributed by atoms with Gasteiger partial charge in [0.1, 0.15) is 33.5 Å². The van der Waals surface area contributed by atoms with E-state index in [1.807, 2.05) is 12.1 Å². The van der Waals surface area contributed by atoms with Crippen LogP contribution >= 0.6 is 0 Å². The van der Waals surface area contributed by atoms with Crippen LogP contribution in [0.5, 0.6) is 0 Å². The van der Waals surface area contributed by atoms with Crippen LogP contribution < -0.4 is 52.4 Å². The molecule has 16 aromatic carbocycles. The molecule has 0 amide bonds. The van der Waals surface area contributed by atoms with Gasteiger partial charge in [-0.25, -0.2) is 0 Å². The summed E-state index contributed by atoms with van der Waals surface area (Å²) in [6, 6.07) is 117. The maximum Gasteiger partial charge on any atom is 0.252 e. The summed E-state index contributed by atoms with van der Waals surface area (Å²) in [6.07, 6.45) is 0. The zero-order chi connectivity index (χ0) is 73.5. The summed E-state index contributed by atoms with van der Waals surface area (Å²) in [6.45, 7) is 9.27. The highest BCUT2D eigenvalue weighted by Gasteiger charge is 2.49. The second-order valence-corrected chi connectivity index (χ2v) is 32.5. The maximum atomic E-state index is 7.83. The van der Waals surface area contributed by atoms with E-state index in [0.29, 0.717) is 0 Å². The van der Waals surface area contributed by atoms with E-state index in [1.165, 1.54) is 77.3 Å². The Morgan fingerprint density at radius 2 is 0.670 bits per heavy atom. The summed E-state index contributed by atoms with van der Waals surface area (Å²) in [4.78, 5) is 9.99. The second kappa shape index (κ2) is 21.5. The zero-order valence-electron chi connectivity index (χ0n) is 61.6. The van der Waals surface area contributed by atoms with Gasteiger partial charge in [0.15, 0.2) is 11.2 Å². The van der Waals surface area contributed by atoms with Gasteiger partial charge in [-0.3, -0.25) is 0 Å². The van der Waals surface area contributed by atoms with Gasteiger partial charge in [-0.05, 0) is 210 Å². The number of fused-ring (bicyclic) bond motifs is 26. The molecule has 4 aliphatic heterocycles. The minimum Gasteiger partial charge on any atom is -0.456 e. The molecule has 6 aliphatic rings. The summed E-state index contributed by atoms with van der Waals surface area (Å²) < 4.78 is 28.5. The highest BCUT2D eigenvalue weighted by molar-refractivity contribution is 7.01. The van der Waals surface area contributed by atoms with Crippen molar-refractivity contribution in [2.45, 2.75) is 38.5 Å². The number of rotatable bonds is 5. The van der Waals surface area contributed by atoms with E-state index in [-0.39, 0.29) is 18.8 Å². The molecule has 0 fully saturated rings. The summed E-state index contributed by atoms with van der Waals surface area (Å²) in [5.41, 5.74) is 39.0. The lowest BCUT2D eigenvalue weighted by molar-refractivity contribution is 0.647. The van der Waals surface area contributed by atoms with Crippen molar-refractivity contribution in [1.82, 2.24) is 0 Å². The monoisotopic (exact) mass is 1430 g/mol. The third kappa shape index (κ3) is 7.82.